The van der Waals surface area contributed by atoms with E-state index < -0.39 is 0 Å². The number of hydrogen-bond donors (Lipinski definition) is 3. The van der Waals surface area contributed by atoms with Crippen molar-refractivity contribution < 1.29 is 20.2 Å². The number of oxime groups is 1. The Hall–Kier alpha value is -3.06. The first kappa shape index (κ1) is 18.3. The minimum atomic E-state index is -0.355. The van der Waals surface area contributed by atoms with Crippen molar-refractivity contribution in [2.45, 2.75) is 6.92 Å². The fraction of sp³-hybridized carbons (Fsp3) is 0.222. The maximum absolute atomic E-state index is 12.2. The van der Waals surface area contributed by atoms with Crippen LogP contribution < -0.4 is 10.3 Å². The predicted molar refractivity (Wildman–Crippen MR) is 94.5 cm³/mol. The van der Waals surface area contributed by atoms with Gasteiger partial charge >= 0.3 is 0 Å². The molecular formula is C18H20N2O5. The van der Waals surface area contributed by atoms with Crippen molar-refractivity contribution >= 4 is 11.8 Å². The zero-order chi connectivity index (χ0) is 18.4. The van der Waals surface area contributed by atoms with Gasteiger partial charge in [0.2, 0.25) is 0 Å². The summed E-state index contributed by atoms with van der Waals surface area (Å²) in [6, 6.07) is 8.25. The van der Waals surface area contributed by atoms with Gasteiger partial charge in [0.05, 0.1) is 12.2 Å². The number of allylic oxidation sites excluding steroid dienone is 1. The summed E-state index contributed by atoms with van der Waals surface area (Å²) in [6.07, 6.45) is 2.82. The topological polar surface area (TPSA) is 104 Å². The van der Waals surface area contributed by atoms with Crippen molar-refractivity contribution in [3.63, 3.8) is 0 Å². The van der Waals surface area contributed by atoms with E-state index in [0.717, 1.165) is 0 Å². The summed E-state index contributed by atoms with van der Waals surface area (Å²) in [4.78, 5) is 12.2. The van der Waals surface area contributed by atoms with Crippen LogP contribution in [0.25, 0.3) is 6.08 Å². The van der Waals surface area contributed by atoms with Crippen molar-refractivity contribution in [3.05, 3.63) is 63.6 Å². The summed E-state index contributed by atoms with van der Waals surface area (Å²) >= 11 is 0. The molecule has 2 aromatic rings. The van der Waals surface area contributed by atoms with Crippen LogP contribution in [-0.4, -0.2) is 38.9 Å². The molecule has 0 radical (unpaired) electrons. The quantitative estimate of drug-likeness (QED) is 0.420. The van der Waals surface area contributed by atoms with Crippen LogP contribution in [-0.2, 0) is 7.05 Å². The van der Waals surface area contributed by atoms with E-state index in [1.54, 1.807) is 38.2 Å². The second kappa shape index (κ2) is 8.16. The van der Waals surface area contributed by atoms with Crippen LogP contribution in [0, 0.1) is 6.92 Å². The van der Waals surface area contributed by atoms with Gasteiger partial charge in [-0.05, 0) is 37.3 Å². The van der Waals surface area contributed by atoms with Gasteiger partial charge in [0.25, 0.3) is 5.56 Å². The Morgan fingerprint density at radius 2 is 2.12 bits per heavy atom. The SMILES string of the molecule is Cc1cc(O)c(/C=C/C(=N\O)c2cccc(OCCO)c2)c(=O)n1C. The first-order valence-electron chi connectivity index (χ1n) is 7.61. The molecule has 132 valence electrons. The molecule has 0 bridgehead atoms. The van der Waals surface area contributed by atoms with Crippen LogP contribution in [0.1, 0.15) is 16.8 Å². The number of aryl methyl sites for hydroxylation is 1. The van der Waals surface area contributed by atoms with E-state index in [4.69, 9.17) is 9.84 Å². The molecule has 1 heterocycles. The number of aliphatic hydroxyl groups excluding tert-OH is 1. The third-order valence-electron chi connectivity index (χ3n) is 3.69. The van der Waals surface area contributed by atoms with E-state index in [9.17, 15) is 15.1 Å². The third-order valence-corrected chi connectivity index (χ3v) is 3.69. The standard InChI is InChI=1S/C18H20N2O5/c1-12-10-17(22)15(18(23)20(12)2)6-7-16(19-24)13-4-3-5-14(11-13)25-9-8-21/h3-7,10-11,21-22,24H,8-9H2,1-2H3/b7-6+,19-16+. The molecule has 0 saturated carbocycles. The van der Waals surface area contributed by atoms with Gasteiger partial charge in [-0.25, -0.2) is 0 Å². The fourth-order valence-corrected chi connectivity index (χ4v) is 2.24. The van der Waals surface area contributed by atoms with Gasteiger partial charge in [-0.2, -0.15) is 0 Å². The Bertz CT molecular complexity index is 868. The molecule has 0 amide bonds. The van der Waals surface area contributed by atoms with Crippen molar-refractivity contribution in [1.82, 2.24) is 4.57 Å². The average Bonchev–Trinajstić information content (AvgIpc) is 2.61. The maximum atomic E-state index is 12.2. The summed E-state index contributed by atoms with van der Waals surface area (Å²) in [7, 11) is 1.61. The Morgan fingerprint density at radius 3 is 2.80 bits per heavy atom. The molecule has 7 heteroatoms. The highest BCUT2D eigenvalue weighted by Crippen LogP contribution is 2.18. The summed E-state index contributed by atoms with van der Waals surface area (Å²) < 4.78 is 6.73. The molecule has 0 saturated heterocycles. The zero-order valence-electron chi connectivity index (χ0n) is 14.0. The minimum absolute atomic E-state index is 0.0990. The molecule has 0 aliphatic rings. The van der Waals surface area contributed by atoms with E-state index in [1.807, 2.05) is 0 Å². The number of aliphatic hydroxyl groups is 1. The Balaban J connectivity index is 2.34. The van der Waals surface area contributed by atoms with Crippen molar-refractivity contribution in [1.29, 1.82) is 0 Å². The molecule has 2 rings (SSSR count). The Labute approximate surface area is 144 Å². The van der Waals surface area contributed by atoms with E-state index in [2.05, 4.69) is 5.16 Å². The average molecular weight is 344 g/mol. The van der Waals surface area contributed by atoms with Gasteiger partial charge in [-0.3, -0.25) is 4.79 Å². The number of ether oxygens (including phenoxy) is 1. The van der Waals surface area contributed by atoms with Gasteiger partial charge in [-0.15, -0.1) is 0 Å². The number of nitrogens with zero attached hydrogens (tertiary/aromatic N) is 2. The van der Waals surface area contributed by atoms with E-state index in [-0.39, 0.29) is 35.8 Å². The van der Waals surface area contributed by atoms with E-state index in [0.29, 0.717) is 17.0 Å². The van der Waals surface area contributed by atoms with Crippen LogP contribution >= 0.6 is 0 Å². The highest BCUT2D eigenvalue weighted by atomic mass is 16.5. The lowest BCUT2D eigenvalue weighted by molar-refractivity contribution is 0.201. The molecular weight excluding hydrogens is 324 g/mol. The van der Waals surface area contributed by atoms with E-state index >= 15 is 0 Å². The molecule has 0 aliphatic carbocycles. The van der Waals surface area contributed by atoms with Gasteiger partial charge in [-0.1, -0.05) is 17.3 Å². The molecule has 7 nitrogen and oxygen atoms in total. The second-order valence-corrected chi connectivity index (χ2v) is 5.37. The molecule has 0 atom stereocenters. The minimum Gasteiger partial charge on any atom is -0.507 e. The fourth-order valence-electron chi connectivity index (χ4n) is 2.24. The predicted octanol–water partition coefficient (Wildman–Crippen LogP) is 1.66. The summed E-state index contributed by atoms with van der Waals surface area (Å²) in [5.41, 5.74) is 1.12. The maximum Gasteiger partial charge on any atom is 0.261 e. The van der Waals surface area contributed by atoms with Gasteiger partial charge < -0.3 is 24.7 Å². The molecule has 0 spiro atoms. The van der Waals surface area contributed by atoms with Crippen molar-refractivity contribution in [3.8, 4) is 11.5 Å². The summed E-state index contributed by atoms with van der Waals surface area (Å²) in [5, 5.41) is 31.3. The van der Waals surface area contributed by atoms with Crippen LogP contribution in [0.15, 0.2) is 46.4 Å². The van der Waals surface area contributed by atoms with Crippen molar-refractivity contribution in [2.24, 2.45) is 12.2 Å². The number of pyridine rings is 1. The lowest BCUT2D eigenvalue weighted by Crippen LogP contribution is -2.21. The first-order chi connectivity index (χ1) is 12.0. The van der Waals surface area contributed by atoms with Gasteiger partial charge in [0.1, 0.15) is 23.8 Å². The normalized spacial score (nSPS) is 11.9. The Kier molecular flexibility index (Phi) is 5.97. The molecule has 25 heavy (non-hydrogen) atoms. The Morgan fingerprint density at radius 1 is 1.36 bits per heavy atom. The molecule has 0 unspecified atom stereocenters. The first-order valence-corrected chi connectivity index (χ1v) is 7.61. The van der Waals surface area contributed by atoms with Crippen LogP contribution in [0.2, 0.25) is 0 Å². The number of hydrogen-bond acceptors (Lipinski definition) is 6. The molecule has 3 N–H and O–H groups in total. The number of rotatable bonds is 6. The zero-order valence-corrected chi connectivity index (χ0v) is 14.0. The van der Waals surface area contributed by atoms with Crippen LogP contribution in [0.3, 0.4) is 0 Å². The molecule has 1 aromatic heterocycles. The monoisotopic (exact) mass is 344 g/mol. The van der Waals surface area contributed by atoms with Crippen LogP contribution in [0.5, 0.6) is 11.5 Å². The summed E-state index contributed by atoms with van der Waals surface area (Å²) in [5.74, 6) is 0.365. The highest BCUT2D eigenvalue weighted by molar-refractivity contribution is 6.10. The molecule has 1 aromatic carbocycles. The highest BCUT2D eigenvalue weighted by Gasteiger charge is 2.09. The number of benzene rings is 1. The van der Waals surface area contributed by atoms with Gasteiger partial charge in [0.15, 0.2) is 0 Å². The molecule has 0 fully saturated rings. The molecule has 0 aliphatic heterocycles. The third kappa shape index (κ3) is 4.27. The number of aromatic nitrogens is 1. The smallest absolute Gasteiger partial charge is 0.261 e. The number of aromatic hydroxyl groups is 1. The lowest BCUT2D eigenvalue weighted by Gasteiger charge is -2.07. The van der Waals surface area contributed by atoms with Crippen LogP contribution in [0.4, 0.5) is 0 Å². The lowest BCUT2D eigenvalue weighted by atomic mass is 10.1. The largest absolute Gasteiger partial charge is 0.507 e. The van der Waals surface area contributed by atoms with E-state index in [1.165, 1.54) is 22.8 Å². The van der Waals surface area contributed by atoms with Crippen molar-refractivity contribution in [2.75, 3.05) is 13.2 Å². The second-order valence-electron chi connectivity index (χ2n) is 5.37. The summed E-state index contributed by atoms with van der Waals surface area (Å²) in [6.45, 7) is 1.76. The van der Waals surface area contributed by atoms with Gasteiger partial charge in [0, 0.05) is 18.3 Å².